The predicted octanol–water partition coefficient (Wildman–Crippen LogP) is 5.39. The van der Waals surface area contributed by atoms with E-state index >= 15 is 0 Å². The lowest BCUT2D eigenvalue weighted by atomic mass is 10.0. The third kappa shape index (κ3) is 2.89. The average molecular weight is 333 g/mol. The number of halogens is 2. The van der Waals surface area contributed by atoms with Gasteiger partial charge in [0, 0.05) is 4.47 Å². The number of nitriles is 1. The van der Waals surface area contributed by atoms with Crippen molar-refractivity contribution in [1.29, 1.82) is 5.26 Å². The fraction of sp³-hybridized carbons (Fsp3) is 0.0625. The molecule has 0 aromatic heterocycles. The van der Waals surface area contributed by atoms with Crippen molar-refractivity contribution in [3.05, 3.63) is 69.7 Å². The molecule has 1 nitrogen and oxygen atoms in total. The van der Waals surface area contributed by atoms with Crippen LogP contribution in [0.15, 0.2) is 53.0 Å². The number of hydrogen-bond donors (Lipinski definition) is 0. The van der Waals surface area contributed by atoms with Gasteiger partial charge in [0.15, 0.2) is 0 Å². The topological polar surface area (TPSA) is 23.8 Å². The zero-order chi connectivity index (χ0) is 13.8. The smallest absolute Gasteiger partial charge is 0.101 e. The van der Waals surface area contributed by atoms with Crippen LogP contribution in [0.4, 0.5) is 0 Å². The summed E-state index contributed by atoms with van der Waals surface area (Å²) < 4.78 is 0.980. The molecule has 0 fully saturated rings. The predicted molar refractivity (Wildman–Crippen MR) is 83.6 cm³/mol. The summed E-state index contributed by atoms with van der Waals surface area (Å²) in [6, 6.07) is 17.4. The Labute approximate surface area is 126 Å². The monoisotopic (exact) mass is 331 g/mol. The van der Waals surface area contributed by atoms with Crippen molar-refractivity contribution in [3.63, 3.8) is 0 Å². The summed E-state index contributed by atoms with van der Waals surface area (Å²) >= 11 is 9.90. The Morgan fingerprint density at radius 1 is 1.11 bits per heavy atom. The molecule has 0 saturated heterocycles. The normalized spacial score (nSPS) is 11.7. The van der Waals surface area contributed by atoms with Crippen LogP contribution in [-0.4, -0.2) is 0 Å². The minimum atomic E-state index is 0.479. The van der Waals surface area contributed by atoms with Gasteiger partial charge in [0.1, 0.15) is 6.07 Å². The molecule has 0 aliphatic heterocycles. The molecule has 0 N–H and O–H groups in total. The van der Waals surface area contributed by atoms with Gasteiger partial charge in [0.2, 0.25) is 0 Å². The van der Waals surface area contributed by atoms with E-state index < -0.39 is 0 Å². The first-order valence-electron chi connectivity index (χ1n) is 5.76. The van der Waals surface area contributed by atoms with Crippen LogP contribution >= 0.6 is 27.5 Å². The molecule has 94 valence electrons. The zero-order valence-corrected chi connectivity index (χ0v) is 12.7. The van der Waals surface area contributed by atoms with Gasteiger partial charge < -0.3 is 0 Å². The molecule has 0 bridgehead atoms. The fourth-order valence-corrected chi connectivity index (χ4v) is 2.55. The van der Waals surface area contributed by atoms with Gasteiger partial charge >= 0.3 is 0 Å². The molecular weight excluding hydrogens is 322 g/mol. The molecule has 0 radical (unpaired) electrons. The largest absolute Gasteiger partial charge is 0.192 e. The molecule has 2 aromatic rings. The molecule has 2 aromatic carbocycles. The van der Waals surface area contributed by atoms with Crippen LogP contribution in [0.1, 0.15) is 16.7 Å². The summed E-state index contributed by atoms with van der Waals surface area (Å²) in [4.78, 5) is 0. The van der Waals surface area contributed by atoms with Crippen molar-refractivity contribution in [2.24, 2.45) is 0 Å². The Hall–Kier alpha value is -1.56. The molecule has 0 unspecified atom stereocenters. The minimum absolute atomic E-state index is 0.479. The summed E-state index contributed by atoms with van der Waals surface area (Å²) in [6.45, 7) is 1.97. The van der Waals surface area contributed by atoms with Crippen LogP contribution in [-0.2, 0) is 0 Å². The van der Waals surface area contributed by atoms with Crippen molar-refractivity contribution in [2.75, 3.05) is 0 Å². The maximum Gasteiger partial charge on any atom is 0.101 e. The molecule has 3 heteroatoms. The standard InChI is InChI=1S/C16H11BrClN/c1-11-13(8-5-9-15(11)17)16(18)14(10-19)12-6-3-2-4-7-12/h2-9H,1H3/b16-14-. The first-order chi connectivity index (χ1) is 9.15. The molecule has 0 aliphatic rings. The van der Waals surface area contributed by atoms with Gasteiger partial charge in [-0.15, -0.1) is 0 Å². The second-order valence-corrected chi connectivity index (χ2v) is 5.31. The molecule has 0 saturated carbocycles. The highest BCUT2D eigenvalue weighted by Crippen LogP contribution is 2.33. The van der Waals surface area contributed by atoms with E-state index in [2.05, 4.69) is 22.0 Å². The van der Waals surface area contributed by atoms with Gasteiger partial charge in [-0.3, -0.25) is 0 Å². The van der Waals surface area contributed by atoms with Crippen LogP contribution in [0, 0.1) is 18.3 Å². The second-order valence-electron chi connectivity index (χ2n) is 4.08. The number of nitrogens with zero attached hydrogens (tertiary/aromatic N) is 1. The van der Waals surface area contributed by atoms with E-state index in [0.717, 1.165) is 21.2 Å². The Bertz CT molecular complexity index is 669. The SMILES string of the molecule is Cc1c(Br)cccc1/C(Cl)=C(\C#N)c1ccccc1. The van der Waals surface area contributed by atoms with Crippen LogP contribution in [0.5, 0.6) is 0 Å². The average Bonchev–Trinajstić information content (AvgIpc) is 2.44. The van der Waals surface area contributed by atoms with Crippen LogP contribution in [0.25, 0.3) is 10.6 Å². The van der Waals surface area contributed by atoms with Crippen molar-refractivity contribution in [2.45, 2.75) is 6.92 Å². The first-order valence-corrected chi connectivity index (χ1v) is 6.93. The number of allylic oxidation sites excluding steroid dienone is 1. The lowest BCUT2D eigenvalue weighted by molar-refractivity contribution is 1.40. The summed E-state index contributed by atoms with van der Waals surface area (Å²) in [7, 11) is 0. The summed E-state index contributed by atoms with van der Waals surface area (Å²) in [5, 5.41) is 9.85. The van der Waals surface area contributed by atoms with E-state index in [0.29, 0.717) is 10.6 Å². The zero-order valence-electron chi connectivity index (χ0n) is 10.3. The van der Waals surface area contributed by atoms with Gasteiger partial charge in [-0.25, -0.2) is 0 Å². The van der Waals surface area contributed by atoms with Crippen molar-refractivity contribution >= 4 is 38.1 Å². The lowest BCUT2D eigenvalue weighted by Gasteiger charge is -2.09. The highest BCUT2D eigenvalue weighted by atomic mass is 79.9. The Morgan fingerprint density at radius 2 is 1.79 bits per heavy atom. The second kappa shape index (κ2) is 6.06. The molecule has 0 atom stereocenters. The van der Waals surface area contributed by atoms with E-state index in [4.69, 9.17) is 11.6 Å². The Balaban J connectivity index is 2.63. The van der Waals surface area contributed by atoms with E-state index in [9.17, 15) is 5.26 Å². The minimum Gasteiger partial charge on any atom is -0.192 e. The Morgan fingerprint density at radius 3 is 2.42 bits per heavy atom. The van der Waals surface area contributed by atoms with E-state index in [1.54, 1.807) is 0 Å². The number of rotatable bonds is 2. The molecule has 0 heterocycles. The highest BCUT2D eigenvalue weighted by Gasteiger charge is 2.12. The van der Waals surface area contributed by atoms with Crippen molar-refractivity contribution < 1.29 is 0 Å². The third-order valence-electron chi connectivity index (χ3n) is 2.90. The maximum atomic E-state index is 9.37. The number of hydrogen-bond acceptors (Lipinski definition) is 1. The molecule has 0 amide bonds. The van der Waals surface area contributed by atoms with Crippen LogP contribution in [0.3, 0.4) is 0 Å². The van der Waals surface area contributed by atoms with Gasteiger partial charge in [-0.2, -0.15) is 5.26 Å². The summed E-state index contributed by atoms with van der Waals surface area (Å²) in [5.74, 6) is 0. The third-order valence-corrected chi connectivity index (χ3v) is 4.15. The Kier molecular flexibility index (Phi) is 4.42. The maximum absolute atomic E-state index is 9.37. The van der Waals surface area contributed by atoms with Gasteiger partial charge in [0.05, 0.1) is 10.6 Å². The van der Waals surface area contributed by atoms with Gasteiger partial charge in [-0.1, -0.05) is 70.0 Å². The molecule has 0 spiro atoms. The molecular formula is C16H11BrClN. The van der Waals surface area contributed by atoms with Crippen molar-refractivity contribution in [3.8, 4) is 6.07 Å². The summed E-state index contributed by atoms with van der Waals surface area (Å²) in [6.07, 6.45) is 0. The molecule has 0 aliphatic carbocycles. The van der Waals surface area contributed by atoms with E-state index in [1.165, 1.54) is 0 Å². The first kappa shape index (κ1) is 13.9. The number of benzene rings is 2. The van der Waals surface area contributed by atoms with Gasteiger partial charge in [0.25, 0.3) is 0 Å². The highest BCUT2D eigenvalue weighted by molar-refractivity contribution is 9.10. The fourth-order valence-electron chi connectivity index (χ4n) is 1.83. The quantitative estimate of drug-likeness (QED) is 0.534. The van der Waals surface area contributed by atoms with E-state index in [-0.39, 0.29) is 0 Å². The van der Waals surface area contributed by atoms with Crippen LogP contribution < -0.4 is 0 Å². The van der Waals surface area contributed by atoms with Crippen LogP contribution in [0.2, 0.25) is 0 Å². The molecule has 2 rings (SSSR count). The van der Waals surface area contributed by atoms with Crippen molar-refractivity contribution in [1.82, 2.24) is 0 Å². The summed E-state index contributed by atoms with van der Waals surface area (Å²) in [5.41, 5.74) is 3.21. The van der Waals surface area contributed by atoms with Gasteiger partial charge in [-0.05, 0) is 29.7 Å². The molecule has 19 heavy (non-hydrogen) atoms. The van der Waals surface area contributed by atoms with E-state index in [1.807, 2.05) is 55.5 Å². The lowest BCUT2D eigenvalue weighted by Crippen LogP contribution is -1.90.